The van der Waals surface area contributed by atoms with Crippen molar-refractivity contribution >= 4 is 45.9 Å². The highest BCUT2D eigenvalue weighted by molar-refractivity contribution is 14.1. The molecule has 0 aliphatic heterocycles. The van der Waals surface area contributed by atoms with E-state index in [1.807, 2.05) is 22.6 Å². The molecule has 0 amide bonds. The Balaban J connectivity index is 1.61. The summed E-state index contributed by atoms with van der Waals surface area (Å²) in [5.74, 6) is -1.09. The summed E-state index contributed by atoms with van der Waals surface area (Å²) in [7, 11) is 0. The quantitative estimate of drug-likeness (QED) is 0.0932. The lowest BCUT2D eigenvalue weighted by atomic mass is 10.1. The van der Waals surface area contributed by atoms with Crippen LogP contribution < -0.4 is 4.74 Å². The number of benzene rings is 1. The molecular formula is C18H19IO8. The van der Waals surface area contributed by atoms with Crippen LogP contribution in [0.25, 0.3) is 0 Å². The van der Waals surface area contributed by atoms with Gasteiger partial charge in [-0.25, -0.2) is 4.79 Å². The van der Waals surface area contributed by atoms with E-state index in [0.29, 0.717) is 11.3 Å². The number of Topliss-reactive ketones (excluding diaryl/α,β-unsaturated/α-hetero) is 3. The third kappa shape index (κ3) is 7.00. The van der Waals surface area contributed by atoms with Crippen molar-refractivity contribution in [2.45, 2.75) is 30.2 Å². The fraction of sp³-hybridized carbons (Fsp3) is 0.444. The average molecular weight is 490 g/mol. The second-order valence-corrected chi connectivity index (χ2v) is 6.72. The summed E-state index contributed by atoms with van der Waals surface area (Å²) < 4.78 is 20.2. The predicted molar refractivity (Wildman–Crippen MR) is 101 cm³/mol. The summed E-state index contributed by atoms with van der Waals surface area (Å²) >= 11 is 1.93. The van der Waals surface area contributed by atoms with Crippen molar-refractivity contribution in [2.75, 3.05) is 19.8 Å². The molecule has 0 saturated heterocycles. The van der Waals surface area contributed by atoms with Crippen LogP contribution in [0.4, 0.5) is 0 Å². The number of carbonyl (C=O) groups is 4. The highest BCUT2D eigenvalue weighted by Gasteiger charge is 2.36. The van der Waals surface area contributed by atoms with Crippen molar-refractivity contribution in [1.82, 2.24) is 0 Å². The Bertz CT molecular complexity index is 701. The number of esters is 1. The first kappa shape index (κ1) is 21.5. The van der Waals surface area contributed by atoms with Crippen LogP contribution >= 0.6 is 22.6 Å². The lowest BCUT2D eigenvalue weighted by molar-refractivity contribution is -0.161. The van der Waals surface area contributed by atoms with Gasteiger partial charge in [0.1, 0.15) is 12.4 Å². The molecule has 0 radical (unpaired) electrons. The molecule has 0 bridgehead atoms. The summed E-state index contributed by atoms with van der Waals surface area (Å²) in [4.78, 5) is 45.7. The van der Waals surface area contributed by atoms with E-state index >= 15 is 0 Å². The molecular weight excluding hydrogens is 471 g/mol. The number of carbonyl (C=O) groups excluding carboxylic acids is 4. The molecule has 27 heavy (non-hydrogen) atoms. The summed E-state index contributed by atoms with van der Waals surface area (Å²) in [6.07, 6.45) is -1.06. The zero-order valence-corrected chi connectivity index (χ0v) is 16.8. The van der Waals surface area contributed by atoms with Crippen molar-refractivity contribution in [3.05, 3.63) is 29.8 Å². The molecule has 0 aromatic heterocycles. The smallest absolute Gasteiger partial charge is 0.333 e. The largest absolute Gasteiger partial charge is 0.456 e. The van der Waals surface area contributed by atoms with E-state index in [1.54, 1.807) is 24.3 Å². The molecule has 9 heteroatoms. The summed E-state index contributed by atoms with van der Waals surface area (Å²) in [6.45, 7) is 1.33. The lowest BCUT2D eigenvalue weighted by Crippen LogP contribution is -2.30. The molecule has 0 spiro atoms. The second-order valence-electron chi connectivity index (χ2n) is 5.70. The molecule has 1 atom stereocenters. The Morgan fingerprint density at radius 2 is 1.89 bits per heavy atom. The summed E-state index contributed by atoms with van der Waals surface area (Å²) in [5.41, 5.74) is 0.539. The van der Waals surface area contributed by atoms with Gasteiger partial charge in [0.15, 0.2) is 17.3 Å². The van der Waals surface area contributed by atoms with Gasteiger partial charge in [-0.3, -0.25) is 14.4 Å². The van der Waals surface area contributed by atoms with Crippen LogP contribution in [0.15, 0.2) is 24.3 Å². The van der Waals surface area contributed by atoms with Gasteiger partial charge in [-0.15, -0.1) is 0 Å². The highest BCUT2D eigenvalue weighted by Crippen LogP contribution is 2.18. The summed E-state index contributed by atoms with van der Waals surface area (Å²) in [5, 5.41) is 0. The monoisotopic (exact) mass is 490 g/mol. The van der Waals surface area contributed by atoms with E-state index in [2.05, 4.69) is 0 Å². The van der Waals surface area contributed by atoms with Crippen LogP contribution in [0.2, 0.25) is 0 Å². The van der Waals surface area contributed by atoms with Crippen molar-refractivity contribution in [1.29, 1.82) is 0 Å². The normalized spacial score (nSPS) is 15.6. The van der Waals surface area contributed by atoms with Crippen LogP contribution in [0.3, 0.4) is 0 Å². The number of rotatable bonds is 10. The van der Waals surface area contributed by atoms with Crippen molar-refractivity contribution in [2.24, 2.45) is 0 Å². The number of alkyl halides is 1. The predicted octanol–water partition coefficient (Wildman–Crippen LogP) is 1.86. The molecule has 1 unspecified atom stereocenters. The SMILES string of the molecule is CC(=O)c1cccc(OC(I)OCCOCC(=O)OC2C(=O)CCC2=O)c1. The number of hydrogen-bond donors (Lipinski definition) is 0. The average Bonchev–Trinajstić information content (AvgIpc) is 2.93. The molecule has 0 N–H and O–H groups in total. The standard InChI is InChI=1S/C18H19IO8/c1-11(20)12-3-2-4-13(9-12)26-18(19)25-8-7-24-10-16(23)27-17-14(21)5-6-15(17)22/h2-4,9,17-18H,5-8,10H2,1H3. The molecule has 1 aliphatic carbocycles. The van der Waals surface area contributed by atoms with Crippen molar-refractivity contribution < 1.29 is 38.1 Å². The Morgan fingerprint density at radius 3 is 2.56 bits per heavy atom. The van der Waals surface area contributed by atoms with E-state index in [9.17, 15) is 19.2 Å². The Hall–Kier alpha value is -1.85. The fourth-order valence-electron chi connectivity index (χ4n) is 2.27. The maximum atomic E-state index is 11.6. The van der Waals surface area contributed by atoms with Gasteiger partial charge in [0.25, 0.3) is 4.30 Å². The van der Waals surface area contributed by atoms with Crippen LogP contribution in [0.1, 0.15) is 30.1 Å². The molecule has 1 aliphatic rings. The van der Waals surface area contributed by atoms with Crippen molar-refractivity contribution in [3.63, 3.8) is 0 Å². The number of ether oxygens (including phenoxy) is 4. The van der Waals surface area contributed by atoms with Crippen LogP contribution in [0, 0.1) is 0 Å². The first-order valence-electron chi connectivity index (χ1n) is 8.23. The first-order valence-corrected chi connectivity index (χ1v) is 9.47. The maximum Gasteiger partial charge on any atom is 0.333 e. The third-order valence-electron chi connectivity index (χ3n) is 3.62. The zero-order chi connectivity index (χ0) is 19.8. The molecule has 1 saturated carbocycles. The number of ketones is 3. The Morgan fingerprint density at radius 1 is 1.19 bits per heavy atom. The van der Waals surface area contributed by atoms with Gasteiger partial charge in [0, 0.05) is 18.4 Å². The minimum absolute atomic E-state index is 0.0623. The van der Waals surface area contributed by atoms with E-state index in [1.165, 1.54) is 6.92 Å². The first-order chi connectivity index (χ1) is 12.9. The van der Waals surface area contributed by atoms with E-state index in [4.69, 9.17) is 18.9 Å². The van der Waals surface area contributed by atoms with Crippen LogP contribution in [-0.2, 0) is 28.6 Å². The van der Waals surface area contributed by atoms with Gasteiger partial charge in [0.2, 0.25) is 6.10 Å². The fourth-order valence-corrected chi connectivity index (χ4v) is 2.82. The number of hydrogen-bond acceptors (Lipinski definition) is 8. The molecule has 8 nitrogen and oxygen atoms in total. The van der Waals surface area contributed by atoms with Gasteiger partial charge in [-0.1, -0.05) is 12.1 Å². The highest BCUT2D eigenvalue weighted by atomic mass is 127. The Labute approximate surface area is 169 Å². The van der Waals surface area contributed by atoms with Gasteiger partial charge in [-0.05, 0) is 41.6 Å². The second kappa shape index (κ2) is 10.5. The van der Waals surface area contributed by atoms with E-state index in [0.717, 1.165) is 0 Å². The molecule has 0 heterocycles. The van der Waals surface area contributed by atoms with E-state index < -0.39 is 16.4 Å². The zero-order valence-electron chi connectivity index (χ0n) is 14.6. The minimum Gasteiger partial charge on any atom is -0.456 e. The number of halogens is 1. The lowest BCUT2D eigenvalue weighted by Gasteiger charge is -2.14. The molecule has 2 rings (SSSR count). The third-order valence-corrected chi connectivity index (χ3v) is 4.23. The van der Waals surface area contributed by atoms with Gasteiger partial charge >= 0.3 is 5.97 Å². The van der Waals surface area contributed by atoms with Gasteiger partial charge < -0.3 is 18.9 Å². The maximum absolute atomic E-state index is 11.6. The minimum atomic E-state index is -1.28. The summed E-state index contributed by atoms with van der Waals surface area (Å²) in [6, 6.07) is 6.73. The topological polar surface area (TPSA) is 105 Å². The van der Waals surface area contributed by atoms with Gasteiger partial charge in [0.05, 0.1) is 13.2 Å². The van der Waals surface area contributed by atoms with Gasteiger partial charge in [-0.2, -0.15) is 0 Å². The molecule has 1 aromatic rings. The molecule has 1 fully saturated rings. The van der Waals surface area contributed by atoms with Crippen LogP contribution in [0.5, 0.6) is 5.75 Å². The molecule has 1 aromatic carbocycles. The molecule has 146 valence electrons. The Kier molecular flexibility index (Phi) is 8.32. The van der Waals surface area contributed by atoms with Crippen molar-refractivity contribution in [3.8, 4) is 5.75 Å². The van der Waals surface area contributed by atoms with E-state index in [-0.39, 0.29) is 50.0 Å². The van der Waals surface area contributed by atoms with Crippen LogP contribution in [-0.4, -0.2) is 53.5 Å².